The number of aromatic nitrogens is 1. The second-order valence-electron chi connectivity index (χ2n) is 11.7. The van der Waals surface area contributed by atoms with E-state index in [4.69, 9.17) is 32.7 Å². The van der Waals surface area contributed by atoms with Crippen molar-refractivity contribution in [3.8, 4) is 5.75 Å². The van der Waals surface area contributed by atoms with Crippen LogP contribution in [0.25, 0.3) is 5.52 Å². The van der Waals surface area contributed by atoms with E-state index in [2.05, 4.69) is 0 Å². The Labute approximate surface area is 250 Å². The van der Waals surface area contributed by atoms with Crippen LogP contribution in [0.5, 0.6) is 5.75 Å². The molecule has 214 valence electrons. The SMILES string of the molecule is COC(=O)C(C)(C)Cc1c(C(=O)C(C)(C)C)c2cc(OCc3ccccc3)ccn2c1C(=O)c1cc(Cl)cc(Cl)c1. The molecular formula is C33H33Cl2NO5. The summed E-state index contributed by atoms with van der Waals surface area (Å²) >= 11 is 12.5. The summed E-state index contributed by atoms with van der Waals surface area (Å²) in [5.41, 5.74) is 0.978. The van der Waals surface area contributed by atoms with E-state index in [1.165, 1.54) is 19.2 Å². The summed E-state index contributed by atoms with van der Waals surface area (Å²) in [6.07, 6.45) is 1.79. The summed E-state index contributed by atoms with van der Waals surface area (Å²) in [6.45, 7) is 9.25. The molecule has 0 fully saturated rings. The third-order valence-electron chi connectivity index (χ3n) is 6.86. The van der Waals surface area contributed by atoms with Crippen molar-refractivity contribution in [2.75, 3.05) is 7.11 Å². The topological polar surface area (TPSA) is 74.1 Å². The second-order valence-corrected chi connectivity index (χ2v) is 12.6. The van der Waals surface area contributed by atoms with Crippen LogP contribution < -0.4 is 4.74 Å². The van der Waals surface area contributed by atoms with Crippen LogP contribution in [0.15, 0.2) is 66.9 Å². The summed E-state index contributed by atoms with van der Waals surface area (Å²) in [6, 6.07) is 17.9. The quantitative estimate of drug-likeness (QED) is 0.145. The first-order chi connectivity index (χ1) is 19.2. The molecule has 0 saturated carbocycles. The number of benzene rings is 2. The first-order valence-electron chi connectivity index (χ1n) is 13.2. The molecule has 4 aromatic rings. The fourth-order valence-corrected chi connectivity index (χ4v) is 5.30. The van der Waals surface area contributed by atoms with E-state index < -0.39 is 16.8 Å². The zero-order valence-corrected chi connectivity index (χ0v) is 25.5. The molecule has 0 saturated heterocycles. The molecule has 2 aromatic heterocycles. The van der Waals surface area contributed by atoms with E-state index >= 15 is 0 Å². The van der Waals surface area contributed by atoms with Gasteiger partial charge in [0.1, 0.15) is 12.4 Å². The van der Waals surface area contributed by atoms with E-state index in [-0.39, 0.29) is 29.2 Å². The van der Waals surface area contributed by atoms with Crippen LogP contribution in [0.1, 0.15) is 72.2 Å². The molecule has 0 aliphatic carbocycles. The van der Waals surface area contributed by atoms with Crippen LogP contribution in [0.2, 0.25) is 10.0 Å². The van der Waals surface area contributed by atoms with Gasteiger partial charge in [-0.05, 0) is 55.7 Å². The van der Waals surface area contributed by atoms with Crippen molar-refractivity contribution in [2.24, 2.45) is 10.8 Å². The number of rotatable bonds is 9. The number of ketones is 2. The zero-order valence-electron chi connectivity index (χ0n) is 24.0. The lowest BCUT2D eigenvalue weighted by molar-refractivity contribution is -0.150. The molecule has 2 aromatic carbocycles. The average Bonchev–Trinajstić information content (AvgIpc) is 3.21. The molecular weight excluding hydrogens is 561 g/mol. The molecule has 0 amide bonds. The number of fused-ring (bicyclic) bond motifs is 1. The third-order valence-corrected chi connectivity index (χ3v) is 7.30. The molecule has 2 heterocycles. The standard InChI is InChI=1S/C33H33Cl2NO5/c1-32(2,3)30(38)27-25(18-33(4,5)31(39)40-6)28(29(37)21-14-22(34)16-23(35)15-21)36-13-12-24(17-26(27)36)41-19-20-10-8-7-9-11-20/h7-17H,18-19H2,1-6H3. The summed E-state index contributed by atoms with van der Waals surface area (Å²) in [4.78, 5) is 41.1. The van der Waals surface area contributed by atoms with Gasteiger partial charge in [-0.2, -0.15) is 0 Å². The van der Waals surface area contributed by atoms with Crippen molar-refractivity contribution in [3.05, 3.63) is 105 Å². The molecule has 8 heteroatoms. The highest BCUT2D eigenvalue weighted by atomic mass is 35.5. The number of nitrogens with zero attached hydrogens (tertiary/aromatic N) is 1. The minimum atomic E-state index is -1.04. The number of methoxy groups -OCH3 is 1. The highest BCUT2D eigenvalue weighted by Gasteiger charge is 2.38. The Balaban J connectivity index is 1.99. The molecule has 6 nitrogen and oxygen atoms in total. The largest absolute Gasteiger partial charge is 0.489 e. The summed E-state index contributed by atoms with van der Waals surface area (Å²) in [7, 11) is 1.32. The number of halogens is 2. The van der Waals surface area contributed by atoms with Crippen molar-refractivity contribution in [1.29, 1.82) is 0 Å². The Hall–Kier alpha value is -3.61. The van der Waals surface area contributed by atoms with E-state index in [1.54, 1.807) is 42.6 Å². The first kappa shape index (κ1) is 30.4. The van der Waals surface area contributed by atoms with Gasteiger partial charge < -0.3 is 13.9 Å². The van der Waals surface area contributed by atoms with Gasteiger partial charge in [0.2, 0.25) is 5.78 Å². The van der Waals surface area contributed by atoms with Crippen LogP contribution in [0.3, 0.4) is 0 Å². The Morgan fingerprint density at radius 2 is 1.51 bits per heavy atom. The normalized spacial score (nSPS) is 11.9. The van der Waals surface area contributed by atoms with Gasteiger partial charge in [0, 0.05) is 38.9 Å². The Bertz CT molecular complexity index is 1610. The van der Waals surface area contributed by atoms with Crippen molar-refractivity contribution < 1.29 is 23.9 Å². The van der Waals surface area contributed by atoms with Gasteiger partial charge in [-0.25, -0.2) is 0 Å². The predicted molar refractivity (Wildman–Crippen MR) is 161 cm³/mol. The number of carbonyl (C=O) groups is 3. The smallest absolute Gasteiger partial charge is 0.311 e. The van der Waals surface area contributed by atoms with Crippen LogP contribution in [0.4, 0.5) is 0 Å². The van der Waals surface area contributed by atoms with Crippen molar-refractivity contribution in [1.82, 2.24) is 4.40 Å². The van der Waals surface area contributed by atoms with Crippen LogP contribution >= 0.6 is 23.2 Å². The molecule has 0 N–H and O–H groups in total. The monoisotopic (exact) mass is 593 g/mol. The molecule has 4 rings (SSSR count). The van der Waals surface area contributed by atoms with Gasteiger partial charge in [0.25, 0.3) is 0 Å². The molecule has 0 radical (unpaired) electrons. The molecule has 0 bridgehead atoms. The maximum atomic E-state index is 14.2. The Morgan fingerprint density at radius 3 is 2.10 bits per heavy atom. The van der Waals surface area contributed by atoms with E-state index in [1.807, 2.05) is 51.1 Å². The highest BCUT2D eigenvalue weighted by molar-refractivity contribution is 6.35. The molecule has 0 spiro atoms. The minimum absolute atomic E-state index is 0.0775. The summed E-state index contributed by atoms with van der Waals surface area (Å²) in [5, 5.41) is 0.612. The van der Waals surface area contributed by atoms with E-state index in [0.717, 1.165) is 5.56 Å². The van der Waals surface area contributed by atoms with Gasteiger partial charge in [0.05, 0.1) is 23.7 Å². The third kappa shape index (κ3) is 6.50. The highest BCUT2D eigenvalue weighted by Crippen LogP contribution is 2.38. The Morgan fingerprint density at radius 1 is 0.878 bits per heavy atom. The van der Waals surface area contributed by atoms with E-state index in [9.17, 15) is 14.4 Å². The molecule has 41 heavy (non-hydrogen) atoms. The minimum Gasteiger partial charge on any atom is -0.489 e. The molecule has 0 aliphatic rings. The number of Topliss-reactive ketones (excluding diaryl/α,β-unsaturated/α-hetero) is 1. The Kier molecular flexibility index (Phi) is 8.67. The van der Waals surface area contributed by atoms with Crippen molar-refractivity contribution >= 4 is 46.3 Å². The average molecular weight is 595 g/mol. The summed E-state index contributed by atoms with van der Waals surface area (Å²) in [5.74, 6) is -0.483. The van der Waals surface area contributed by atoms with Gasteiger partial charge >= 0.3 is 5.97 Å². The van der Waals surface area contributed by atoms with Gasteiger partial charge in [0.15, 0.2) is 5.78 Å². The van der Waals surface area contributed by atoms with Gasteiger partial charge in [-0.15, -0.1) is 0 Å². The first-order valence-corrected chi connectivity index (χ1v) is 14.0. The summed E-state index contributed by atoms with van der Waals surface area (Å²) < 4.78 is 12.8. The number of ether oxygens (including phenoxy) is 2. The fraction of sp³-hybridized carbons (Fsp3) is 0.303. The van der Waals surface area contributed by atoms with Gasteiger partial charge in [-0.1, -0.05) is 74.3 Å². The lowest BCUT2D eigenvalue weighted by Gasteiger charge is -2.24. The maximum absolute atomic E-state index is 14.2. The zero-order chi connectivity index (χ0) is 30.1. The maximum Gasteiger partial charge on any atom is 0.311 e. The number of pyridine rings is 1. The van der Waals surface area contributed by atoms with Crippen molar-refractivity contribution in [2.45, 2.75) is 47.6 Å². The second kappa shape index (κ2) is 11.7. The lowest BCUT2D eigenvalue weighted by Crippen LogP contribution is -2.30. The number of hydrogen-bond acceptors (Lipinski definition) is 5. The lowest BCUT2D eigenvalue weighted by atomic mass is 9.79. The fourth-order valence-electron chi connectivity index (χ4n) is 4.78. The number of hydrogen-bond donors (Lipinski definition) is 0. The predicted octanol–water partition coefficient (Wildman–Crippen LogP) is 8.03. The van der Waals surface area contributed by atoms with Crippen molar-refractivity contribution in [3.63, 3.8) is 0 Å². The molecule has 0 unspecified atom stereocenters. The molecule has 0 aliphatic heterocycles. The van der Waals surface area contributed by atoms with Crippen LogP contribution in [-0.2, 0) is 22.6 Å². The van der Waals surface area contributed by atoms with Crippen LogP contribution in [-0.4, -0.2) is 29.0 Å². The number of carbonyl (C=O) groups excluding carboxylic acids is 3. The van der Waals surface area contributed by atoms with Gasteiger partial charge in [-0.3, -0.25) is 14.4 Å². The number of esters is 1. The molecule has 0 atom stereocenters. The van der Waals surface area contributed by atoms with Crippen LogP contribution in [0, 0.1) is 10.8 Å². The van der Waals surface area contributed by atoms with E-state index in [0.29, 0.717) is 39.0 Å².